The molecule has 0 aromatic carbocycles. The Morgan fingerprint density at radius 2 is 2.06 bits per heavy atom. The number of alkyl halides is 1. The molecule has 3 heterocycles. The van der Waals surface area contributed by atoms with Crippen molar-refractivity contribution < 1.29 is 29.3 Å². The molecule has 3 rings (SSSR count). The van der Waals surface area contributed by atoms with Crippen LogP contribution < -0.4 is 0 Å². The molecule has 9 heteroatoms. The van der Waals surface area contributed by atoms with Gasteiger partial charge in [-0.15, -0.1) is 6.58 Å². The predicted octanol–water partition coefficient (Wildman–Crippen LogP) is 2.04. The van der Waals surface area contributed by atoms with Gasteiger partial charge >= 0.3 is 5.97 Å². The Morgan fingerprint density at radius 3 is 2.53 bits per heavy atom. The fraction of sp³-hybridized carbons (Fsp3) is 0.783. The molecule has 3 saturated heterocycles. The molecule has 180 valence electrons. The van der Waals surface area contributed by atoms with Gasteiger partial charge in [0.25, 0.3) is 0 Å². The summed E-state index contributed by atoms with van der Waals surface area (Å²) in [6, 6.07) is -1.63. The molecule has 3 fully saturated rings. The van der Waals surface area contributed by atoms with Crippen LogP contribution in [0.4, 0.5) is 0 Å². The summed E-state index contributed by atoms with van der Waals surface area (Å²) in [6.45, 7) is 13.3. The van der Waals surface area contributed by atoms with Crippen LogP contribution in [-0.4, -0.2) is 85.1 Å². The molecule has 2 amide bonds. The molecular formula is C23H35BrN2O6. The van der Waals surface area contributed by atoms with Crippen LogP contribution in [0.1, 0.15) is 47.5 Å². The lowest BCUT2D eigenvalue weighted by Gasteiger charge is -2.44. The monoisotopic (exact) mass is 514 g/mol. The number of aliphatic carboxylic acids is 1. The van der Waals surface area contributed by atoms with E-state index in [1.807, 2.05) is 34.6 Å². The molecular weight excluding hydrogens is 480 g/mol. The number of carbonyl (C=O) groups excluding carboxylic acids is 2. The molecule has 2 bridgehead atoms. The largest absolute Gasteiger partial charge is 0.481 e. The fourth-order valence-corrected chi connectivity index (χ4v) is 6.71. The van der Waals surface area contributed by atoms with Gasteiger partial charge in [0.1, 0.15) is 11.6 Å². The fourth-order valence-electron chi connectivity index (χ4n) is 5.77. The van der Waals surface area contributed by atoms with E-state index in [-0.39, 0.29) is 29.8 Å². The van der Waals surface area contributed by atoms with Crippen molar-refractivity contribution in [1.29, 1.82) is 0 Å². The first kappa shape index (κ1) is 25.2. The highest BCUT2D eigenvalue weighted by Crippen LogP contribution is 2.60. The minimum absolute atomic E-state index is 0.0859. The zero-order valence-corrected chi connectivity index (χ0v) is 21.0. The second-order valence-corrected chi connectivity index (χ2v) is 11.5. The van der Waals surface area contributed by atoms with Gasteiger partial charge in [-0.3, -0.25) is 14.4 Å². The van der Waals surface area contributed by atoms with Crippen LogP contribution in [0.15, 0.2) is 12.7 Å². The Bertz CT molecular complexity index is 798. The first-order valence-corrected chi connectivity index (χ1v) is 12.2. The van der Waals surface area contributed by atoms with Gasteiger partial charge < -0.3 is 24.7 Å². The number of carboxylic acids is 1. The Morgan fingerprint density at radius 1 is 1.44 bits per heavy atom. The van der Waals surface area contributed by atoms with Gasteiger partial charge in [-0.1, -0.05) is 42.3 Å². The van der Waals surface area contributed by atoms with E-state index in [1.165, 1.54) is 4.90 Å². The van der Waals surface area contributed by atoms with Crippen molar-refractivity contribution >= 4 is 33.7 Å². The normalized spacial score (nSPS) is 35.5. The molecule has 3 aliphatic rings. The standard InChI is InChI=1S/C23H35BrN2O6/c1-7-9-25(22(4,5)6)20(29)18-23-10-13(24)17(32-23)15(21(30)31)16(23)19(28)26(18)14(11-27)12(3)8-2/h7,12-18,27H,1,8-11H2,2-6H3,(H,30,31)/t12-,13?,14-,15+,16-,17+,18+,23-/m0/s1. The van der Waals surface area contributed by atoms with Crippen LogP contribution in [0.5, 0.6) is 0 Å². The molecule has 8 atom stereocenters. The van der Waals surface area contributed by atoms with Crippen LogP contribution >= 0.6 is 15.9 Å². The molecule has 1 spiro atoms. The highest BCUT2D eigenvalue weighted by atomic mass is 79.9. The highest BCUT2D eigenvalue weighted by molar-refractivity contribution is 9.09. The number of amides is 2. The summed E-state index contributed by atoms with van der Waals surface area (Å²) in [5.41, 5.74) is -1.81. The van der Waals surface area contributed by atoms with Gasteiger partial charge in [0.15, 0.2) is 0 Å². The number of aliphatic hydroxyl groups excluding tert-OH is 1. The number of aliphatic hydroxyl groups is 1. The highest BCUT2D eigenvalue weighted by Gasteiger charge is 2.77. The lowest BCUT2D eigenvalue weighted by molar-refractivity contribution is -0.156. The number of rotatable bonds is 8. The lowest BCUT2D eigenvalue weighted by Crippen LogP contribution is -2.62. The van der Waals surface area contributed by atoms with Gasteiger partial charge in [-0.05, 0) is 33.1 Å². The van der Waals surface area contributed by atoms with E-state index in [0.717, 1.165) is 0 Å². The summed E-state index contributed by atoms with van der Waals surface area (Å²) in [7, 11) is 0. The van der Waals surface area contributed by atoms with Crippen LogP contribution in [0.25, 0.3) is 0 Å². The average Bonchev–Trinajstić information content (AvgIpc) is 3.29. The Balaban J connectivity index is 2.19. The maximum absolute atomic E-state index is 14.1. The minimum Gasteiger partial charge on any atom is -0.481 e. The molecule has 0 aliphatic carbocycles. The lowest BCUT2D eigenvalue weighted by atomic mass is 9.70. The van der Waals surface area contributed by atoms with Crippen LogP contribution in [0.2, 0.25) is 0 Å². The smallest absolute Gasteiger partial charge is 0.310 e. The van der Waals surface area contributed by atoms with Crippen LogP contribution in [0.3, 0.4) is 0 Å². The molecule has 32 heavy (non-hydrogen) atoms. The number of hydrogen-bond acceptors (Lipinski definition) is 5. The van der Waals surface area contributed by atoms with Crippen LogP contribution in [0, 0.1) is 17.8 Å². The van der Waals surface area contributed by atoms with Crippen molar-refractivity contribution in [3.05, 3.63) is 12.7 Å². The number of ether oxygens (including phenoxy) is 1. The second kappa shape index (κ2) is 8.72. The van der Waals surface area contributed by atoms with Crippen molar-refractivity contribution in [2.45, 2.75) is 81.6 Å². The summed E-state index contributed by atoms with van der Waals surface area (Å²) in [5.74, 6) is -3.91. The Labute approximate surface area is 198 Å². The number of likely N-dealkylation sites (tertiary alicyclic amines) is 1. The van der Waals surface area contributed by atoms with E-state index in [2.05, 4.69) is 22.5 Å². The molecule has 0 saturated carbocycles. The number of nitrogens with zero attached hydrogens (tertiary/aromatic N) is 2. The molecule has 1 unspecified atom stereocenters. The molecule has 2 N–H and O–H groups in total. The Hall–Kier alpha value is -1.45. The molecule has 8 nitrogen and oxygen atoms in total. The third-order valence-corrected chi connectivity index (χ3v) is 8.32. The number of carboxylic acid groups (broad SMARTS) is 1. The maximum atomic E-state index is 14.1. The van der Waals surface area contributed by atoms with Gasteiger partial charge in [0.05, 0.1) is 30.6 Å². The van der Waals surface area contributed by atoms with Gasteiger partial charge in [0, 0.05) is 16.9 Å². The van der Waals surface area contributed by atoms with Gasteiger partial charge in [-0.25, -0.2) is 0 Å². The van der Waals surface area contributed by atoms with E-state index < -0.39 is 53.0 Å². The van der Waals surface area contributed by atoms with Crippen molar-refractivity contribution in [1.82, 2.24) is 9.80 Å². The summed E-state index contributed by atoms with van der Waals surface area (Å²) in [5, 5.41) is 20.2. The third-order valence-electron chi connectivity index (χ3n) is 7.48. The average molecular weight is 515 g/mol. The van der Waals surface area contributed by atoms with Crippen molar-refractivity contribution in [2.24, 2.45) is 17.8 Å². The first-order chi connectivity index (χ1) is 14.9. The zero-order chi connectivity index (χ0) is 24.2. The van der Waals surface area contributed by atoms with E-state index in [9.17, 15) is 24.6 Å². The minimum atomic E-state index is -1.25. The van der Waals surface area contributed by atoms with E-state index in [1.54, 1.807) is 11.0 Å². The third kappa shape index (κ3) is 3.60. The molecule has 0 aromatic heterocycles. The zero-order valence-electron chi connectivity index (χ0n) is 19.5. The van der Waals surface area contributed by atoms with Crippen molar-refractivity contribution in [2.75, 3.05) is 13.2 Å². The number of hydrogen-bond donors (Lipinski definition) is 2. The quantitative estimate of drug-likeness (QED) is 0.379. The SMILES string of the molecule is C=CCN(C(=O)[C@H]1N([C@@H](CO)[C@@H](C)CC)C(=O)[C@@H]2[C@@H](C(=O)O)[C@@H]3O[C@@]21CC3Br)C(C)(C)C. The first-order valence-electron chi connectivity index (χ1n) is 11.3. The van der Waals surface area contributed by atoms with E-state index in [0.29, 0.717) is 12.8 Å². The summed E-state index contributed by atoms with van der Waals surface area (Å²) >= 11 is 3.55. The molecule has 0 radical (unpaired) electrons. The number of halogens is 1. The summed E-state index contributed by atoms with van der Waals surface area (Å²) in [6.07, 6.45) is 2.00. The van der Waals surface area contributed by atoms with Crippen LogP contribution in [-0.2, 0) is 19.1 Å². The molecule has 3 aliphatic heterocycles. The number of fused-ring (bicyclic) bond motifs is 1. The van der Waals surface area contributed by atoms with Gasteiger partial charge in [-0.2, -0.15) is 0 Å². The number of carbonyl (C=O) groups is 3. The topological polar surface area (TPSA) is 107 Å². The second-order valence-electron chi connectivity index (χ2n) is 10.3. The summed E-state index contributed by atoms with van der Waals surface area (Å²) < 4.78 is 6.31. The predicted molar refractivity (Wildman–Crippen MR) is 122 cm³/mol. The van der Waals surface area contributed by atoms with Crippen molar-refractivity contribution in [3.8, 4) is 0 Å². The maximum Gasteiger partial charge on any atom is 0.310 e. The Kier molecular flexibility index (Phi) is 6.86. The van der Waals surface area contributed by atoms with Gasteiger partial charge in [0.2, 0.25) is 11.8 Å². The van der Waals surface area contributed by atoms with E-state index in [4.69, 9.17) is 4.74 Å². The summed E-state index contributed by atoms with van der Waals surface area (Å²) in [4.78, 5) is 43.0. The molecule has 0 aromatic rings. The van der Waals surface area contributed by atoms with E-state index >= 15 is 0 Å². The van der Waals surface area contributed by atoms with Crippen molar-refractivity contribution in [3.63, 3.8) is 0 Å².